The Hall–Kier alpha value is -1.88. The highest BCUT2D eigenvalue weighted by molar-refractivity contribution is 5.61. The highest BCUT2D eigenvalue weighted by Crippen LogP contribution is 2.20. The Kier molecular flexibility index (Phi) is 4.16. The Bertz CT molecular complexity index is 597. The van der Waals surface area contributed by atoms with Crippen LogP contribution in [0.4, 0.5) is 0 Å². The van der Waals surface area contributed by atoms with Crippen LogP contribution in [-0.2, 0) is 13.0 Å². The molecule has 102 valence electrons. The molecule has 0 aliphatic rings. The van der Waals surface area contributed by atoms with Crippen LogP contribution in [0.15, 0.2) is 29.2 Å². The maximum Gasteiger partial charge on any atom is 0.266 e. The third-order valence-electron chi connectivity index (χ3n) is 3.09. The normalized spacial score (nSPS) is 11.2. The summed E-state index contributed by atoms with van der Waals surface area (Å²) in [6, 6.07) is 5.38. The van der Waals surface area contributed by atoms with E-state index in [9.17, 15) is 4.79 Å². The van der Waals surface area contributed by atoms with E-state index in [0.29, 0.717) is 6.54 Å². The fourth-order valence-corrected chi connectivity index (χ4v) is 1.98. The lowest BCUT2D eigenvalue weighted by Gasteiger charge is -2.11. The second kappa shape index (κ2) is 5.84. The zero-order valence-electron chi connectivity index (χ0n) is 11.7. The molecule has 0 aliphatic heterocycles. The average molecular weight is 260 g/mol. The van der Waals surface area contributed by atoms with Gasteiger partial charge in [-0.25, -0.2) is 4.68 Å². The van der Waals surface area contributed by atoms with Crippen molar-refractivity contribution in [3.63, 3.8) is 0 Å². The van der Waals surface area contributed by atoms with Crippen molar-refractivity contribution in [2.45, 2.75) is 19.9 Å². The summed E-state index contributed by atoms with van der Waals surface area (Å²) in [5.41, 5.74) is 3.00. The van der Waals surface area contributed by atoms with Crippen molar-refractivity contribution in [1.82, 2.24) is 19.7 Å². The third-order valence-corrected chi connectivity index (χ3v) is 3.09. The van der Waals surface area contributed by atoms with E-state index >= 15 is 0 Å². The number of rotatable bonds is 5. The van der Waals surface area contributed by atoms with E-state index in [0.717, 1.165) is 29.9 Å². The molecular weight excluding hydrogens is 240 g/mol. The van der Waals surface area contributed by atoms with Gasteiger partial charge in [0.05, 0.1) is 12.2 Å². The Balaban J connectivity index is 2.33. The second-order valence-corrected chi connectivity index (χ2v) is 4.81. The molecule has 2 aromatic heterocycles. The fraction of sp³-hybridized carbons (Fsp3) is 0.429. The van der Waals surface area contributed by atoms with Crippen LogP contribution in [0, 0.1) is 0 Å². The van der Waals surface area contributed by atoms with E-state index in [1.54, 1.807) is 12.1 Å². The summed E-state index contributed by atoms with van der Waals surface area (Å²) in [5.74, 6) is 0. The zero-order valence-corrected chi connectivity index (χ0v) is 11.7. The fourth-order valence-electron chi connectivity index (χ4n) is 1.98. The Morgan fingerprint density at radius 3 is 2.79 bits per heavy atom. The second-order valence-electron chi connectivity index (χ2n) is 4.81. The van der Waals surface area contributed by atoms with Crippen LogP contribution in [0.25, 0.3) is 11.3 Å². The Morgan fingerprint density at radius 1 is 1.32 bits per heavy atom. The highest BCUT2D eigenvalue weighted by atomic mass is 16.1. The van der Waals surface area contributed by atoms with E-state index in [-0.39, 0.29) is 5.56 Å². The van der Waals surface area contributed by atoms with Gasteiger partial charge < -0.3 is 9.88 Å². The predicted molar refractivity (Wildman–Crippen MR) is 76.2 cm³/mol. The van der Waals surface area contributed by atoms with Crippen molar-refractivity contribution >= 4 is 0 Å². The first-order valence-electron chi connectivity index (χ1n) is 6.51. The molecular formula is C14H20N4O. The smallest absolute Gasteiger partial charge is 0.266 e. The van der Waals surface area contributed by atoms with Crippen LogP contribution in [-0.4, -0.2) is 40.3 Å². The predicted octanol–water partition coefficient (Wildman–Crippen LogP) is 1.36. The minimum atomic E-state index is -0.0563. The minimum Gasteiger partial charge on any atom is -0.364 e. The quantitative estimate of drug-likeness (QED) is 0.883. The first kappa shape index (κ1) is 13.5. The lowest BCUT2D eigenvalue weighted by atomic mass is 10.1. The van der Waals surface area contributed by atoms with Crippen molar-refractivity contribution in [2.75, 3.05) is 20.6 Å². The number of hydrogen-bond donors (Lipinski definition) is 1. The van der Waals surface area contributed by atoms with Crippen molar-refractivity contribution in [3.8, 4) is 11.3 Å². The van der Waals surface area contributed by atoms with E-state index in [1.165, 1.54) is 4.68 Å². The third kappa shape index (κ3) is 3.12. The molecule has 0 bridgehead atoms. The Labute approximate surface area is 112 Å². The molecule has 0 unspecified atom stereocenters. The standard InChI is InChI=1S/C14H20N4O/c1-4-12-11(7-8-15-12)13-5-6-14(19)18(16-13)10-9-17(2)3/h5-8,15H,4,9-10H2,1-3H3. The van der Waals surface area contributed by atoms with Gasteiger partial charge in [-0.15, -0.1) is 0 Å². The van der Waals surface area contributed by atoms with E-state index < -0.39 is 0 Å². The number of likely N-dealkylation sites (N-methyl/N-ethyl adjacent to an activating group) is 1. The number of nitrogens with one attached hydrogen (secondary N) is 1. The van der Waals surface area contributed by atoms with Crippen LogP contribution in [0.5, 0.6) is 0 Å². The molecule has 2 heterocycles. The van der Waals surface area contributed by atoms with Gasteiger partial charge >= 0.3 is 0 Å². The van der Waals surface area contributed by atoms with E-state index in [4.69, 9.17) is 0 Å². The molecule has 5 heteroatoms. The van der Waals surface area contributed by atoms with Crippen molar-refractivity contribution in [2.24, 2.45) is 0 Å². The van der Waals surface area contributed by atoms with Crippen LogP contribution < -0.4 is 5.56 Å². The van der Waals surface area contributed by atoms with Gasteiger partial charge in [-0.1, -0.05) is 6.92 Å². The summed E-state index contributed by atoms with van der Waals surface area (Å²) >= 11 is 0. The summed E-state index contributed by atoms with van der Waals surface area (Å²) < 4.78 is 1.53. The van der Waals surface area contributed by atoms with Crippen molar-refractivity contribution in [1.29, 1.82) is 0 Å². The molecule has 5 nitrogen and oxygen atoms in total. The molecule has 0 atom stereocenters. The van der Waals surface area contributed by atoms with Gasteiger partial charge in [0.15, 0.2) is 0 Å². The molecule has 0 spiro atoms. The number of nitrogens with zero attached hydrogens (tertiary/aromatic N) is 3. The molecule has 0 aliphatic carbocycles. The van der Waals surface area contributed by atoms with Gasteiger partial charge in [0.25, 0.3) is 5.56 Å². The molecule has 0 fully saturated rings. The topological polar surface area (TPSA) is 53.9 Å². The number of H-pyrrole nitrogens is 1. The van der Waals surface area contributed by atoms with Gasteiger partial charge in [0, 0.05) is 30.1 Å². The molecule has 19 heavy (non-hydrogen) atoms. The molecule has 2 rings (SSSR count). The van der Waals surface area contributed by atoms with Crippen LogP contribution >= 0.6 is 0 Å². The largest absolute Gasteiger partial charge is 0.364 e. The van der Waals surface area contributed by atoms with Crippen molar-refractivity contribution < 1.29 is 0 Å². The van der Waals surface area contributed by atoms with E-state index in [1.807, 2.05) is 31.3 Å². The lowest BCUT2D eigenvalue weighted by Crippen LogP contribution is -2.28. The molecule has 0 amide bonds. The lowest BCUT2D eigenvalue weighted by molar-refractivity contribution is 0.368. The maximum atomic E-state index is 11.8. The number of aromatic nitrogens is 3. The van der Waals surface area contributed by atoms with E-state index in [2.05, 4.69) is 17.0 Å². The van der Waals surface area contributed by atoms with Gasteiger partial charge in [-0.2, -0.15) is 5.10 Å². The van der Waals surface area contributed by atoms with Gasteiger partial charge in [0.1, 0.15) is 0 Å². The monoisotopic (exact) mass is 260 g/mol. The molecule has 1 N–H and O–H groups in total. The summed E-state index contributed by atoms with van der Waals surface area (Å²) in [4.78, 5) is 17.0. The molecule has 0 radical (unpaired) electrons. The van der Waals surface area contributed by atoms with Crippen LogP contribution in [0.2, 0.25) is 0 Å². The Morgan fingerprint density at radius 2 is 2.11 bits per heavy atom. The van der Waals surface area contributed by atoms with Gasteiger partial charge in [-0.05, 0) is 32.6 Å². The van der Waals surface area contributed by atoms with Crippen LogP contribution in [0.1, 0.15) is 12.6 Å². The summed E-state index contributed by atoms with van der Waals surface area (Å²) in [5, 5.41) is 4.45. The first-order chi connectivity index (χ1) is 9.11. The SMILES string of the molecule is CCc1[nH]ccc1-c1ccc(=O)n(CCN(C)C)n1. The van der Waals surface area contributed by atoms with Gasteiger partial charge in [0.2, 0.25) is 0 Å². The molecule has 2 aromatic rings. The molecule has 0 aromatic carbocycles. The average Bonchev–Trinajstić information content (AvgIpc) is 2.86. The zero-order chi connectivity index (χ0) is 13.8. The molecule has 0 saturated heterocycles. The van der Waals surface area contributed by atoms with Gasteiger partial charge in [-0.3, -0.25) is 4.79 Å². The first-order valence-corrected chi connectivity index (χ1v) is 6.51. The van der Waals surface area contributed by atoms with Crippen LogP contribution in [0.3, 0.4) is 0 Å². The maximum absolute atomic E-state index is 11.8. The summed E-state index contributed by atoms with van der Waals surface area (Å²) in [6.07, 6.45) is 2.83. The summed E-state index contributed by atoms with van der Waals surface area (Å²) in [7, 11) is 3.96. The highest BCUT2D eigenvalue weighted by Gasteiger charge is 2.08. The minimum absolute atomic E-state index is 0.0563. The molecule has 0 saturated carbocycles. The number of aromatic amines is 1. The number of hydrogen-bond acceptors (Lipinski definition) is 3. The summed E-state index contributed by atoms with van der Waals surface area (Å²) in [6.45, 7) is 3.49. The van der Waals surface area contributed by atoms with Crippen molar-refractivity contribution in [3.05, 3.63) is 40.4 Å². The number of aryl methyl sites for hydroxylation is 1.